The maximum atomic E-state index is 13.1. The first-order chi connectivity index (χ1) is 13.0. The van der Waals surface area contributed by atoms with Crippen molar-refractivity contribution in [1.29, 1.82) is 0 Å². The van der Waals surface area contributed by atoms with Gasteiger partial charge >= 0.3 is 0 Å². The third-order valence-corrected chi connectivity index (χ3v) is 6.02. The summed E-state index contributed by atoms with van der Waals surface area (Å²) in [4.78, 5) is 2.23. The molecule has 3 rings (SSSR count). The highest BCUT2D eigenvalue weighted by atomic mass is 32.2. The van der Waals surface area contributed by atoms with Crippen molar-refractivity contribution < 1.29 is 22.3 Å². The predicted octanol–water partition coefficient (Wildman–Crippen LogP) is 2.19. The zero-order valence-electron chi connectivity index (χ0n) is 15.1. The summed E-state index contributed by atoms with van der Waals surface area (Å²) < 4.78 is 51.5. The Bertz CT molecular complexity index is 835. The van der Waals surface area contributed by atoms with E-state index in [4.69, 9.17) is 9.47 Å². The molecule has 1 heterocycles. The van der Waals surface area contributed by atoms with Gasteiger partial charge in [0.1, 0.15) is 11.6 Å². The summed E-state index contributed by atoms with van der Waals surface area (Å²) in [6.45, 7) is 2.85. The molecule has 0 aliphatic carbocycles. The van der Waals surface area contributed by atoms with E-state index in [1.807, 2.05) is 24.3 Å². The molecule has 6 nitrogen and oxygen atoms in total. The second kappa shape index (κ2) is 8.79. The lowest BCUT2D eigenvalue weighted by Crippen LogP contribution is -2.43. The molecule has 146 valence electrons. The molecule has 0 radical (unpaired) electrons. The van der Waals surface area contributed by atoms with Gasteiger partial charge in [-0.15, -0.1) is 0 Å². The van der Waals surface area contributed by atoms with Crippen LogP contribution in [0.3, 0.4) is 0 Å². The molecule has 1 aliphatic rings. The summed E-state index contributed by atoms with van der Waals surface area (Å²) in [7, 11) is -2.13. The van der Waals surface area contributed by atoms with Gasteiger partial charge in [0, 0.05) is 25.7 Å². The fraction of sp³-hybridized carbons (Fsp3) is 0.368. The number of benzene rings is 2. The number of halogens is 1. The summed E-state index contributed by atoms with van der Waals surface area (Å²) in [6, 6.07) is 12.2. The smallest absolute Gasteiger partial charge is 0.240 e. The lowest BCUT2D eigenvalue weighted by molar-refractivity contribution is 0.0172. The first kappa shape index (κ1) is 19.8. The zero-order valence-corrected chi connectivity index (χ0v) is 15.9. The van der Waals surface area contributed by atoms with Crippen molar-refractivity contribution in [3.05, 3.63) is 59.9 Å². The molecule has 0 spiro atoms. The molecular weight excluding hydrogens is 371 g/mol. The first-order valence-electron chi connectivity index (χ1n) is 8.70. The SMILES string of the molecule is COc1ccc(C(CNS(=O)(=O)c2ccc(F)cc2)N2CCOCC2)cc1. The highest BCUT2D eigenvalue weighted by Gasteiger charge is 2.25. The van der Waals surface area contributed by atoms with Gasteiger partial charge in [-0.2, -0.15) is 0 Å². The molecule has 1 atom stereocenters. The van der Waals surface area contributed by atoms with E-state index < -0.39 is 15.8 Å². The number of nitrogens with one attached hydrogen (secondary N) is 1. The van der Waals surface area contributed by atoms with E-state index in [0.717, 1.165) is 36.5 Å². The number of ether oxygens (including phenoxy) is 2. The number of rotatable bonds is 7. The zero-order chi connectivity index (χ0) is 19.3. The van der Waals surface area contributed by atoms with Crippen LogP contribution in [0.2, 0.25) is 0 Å². The fourth-order valence-electron chi connectivity index (χ4n) is 3.06. The second-order valence-electron chi connectivity index (χ2n) is 6.24. The second-order valence-corrected chi connectivity index (χ2v) is 8.01. The summed E-state index contributed by atoms with van der Waals surface area (Å²) in [5.41, 5.74) is 0.986. The standard InChI is InChI=1S/C19H23FN2O4S/c1-25-17-6-2-15(3-7-17)19(22-10-12-26-13-11-22)14-21-27(23,24)18-8-4-16(20)5-9-18/h2-9,19,21H,10-14H2,1H3. The van der Waals surface area contributed by atoms with E-state index in [1.54, 1.807) is 7.11 Å². The lowest BCUT2D eigenvalue weighted by atomic mass is 10.0. The van der Waals surface area contributed by atoms with Gasteiger partial charge in [-0.1, -0.05) is 12.1 Å². The van der Waals surface area contributed by atoms with Crippen molar-refractivity contribution in [2.45, 2.75) is 10.9 Å². The van der Waals surface area contributed by atoms with Gasteiger partial charge in [0.2, 0.25) is 10.0 Å². The van der Waals surface area contributed by atoms with Crippen molar-refractivity contribution in [2.24, 2.45) is 0 Å². The van der Waals surface area contributed by atoms with Crippen LogP contribution in [0.4, 0.5) is 4.39 Å². The van der Waals surface area contributed by atoms with Gasteiger partial charge in [-0.3, -0.25) is 4.90 Å². The van der Waals surface area contributed by atoms with Crippen LogP contribution in [0.15, 0.2) is 53.4 Å². The average Bonchev–Trinajstić information content (AvgIpc) is 2.70. The number of hydrogen-bond acceptors (Lipinski definition) is 5. The van der Waals surface area contributed by atoms with E-state index >= 15 is 0 Å². The number of nitrogens with zero attached hydrogens (tertiary/aromatic N) is 1. The first-order valence-corrected chi connectivity index (χ1v) is 10.2. The normalized spacial score (nSPS) is 16.8. The molecule has 1 fully saturated rings. The molecule has 8 heteroatoms. The molecule has 0 bridgehead atoms. The van der Waals surface area contributed by atoms with E-state index in [1.165, 1.54) is 12.1 Å². The van der Waals surface area contributed by atoms with Crippen LogP contribution in [0.5, 0.6) is 5.75 Å². The van der Waals surface area contributed by atoms with Gasteiger partial charge in [-0.25, -0.2) is 17.5 Å². The van der Waals surface area contributed by atoms with Crippen LogP contribution in [0.25, 0.3) is 0 Å². The number of sulfonamides is 1. The fourth-order valence-corrected chi connectivity index (χ4v) is 4.10. The molecule has 1 unspecified atom stereocenters. The average molecular weight is 394 g/mol. The molecule has 2 aromatic rings. The highest BCUT2D eigenvalue weighted by Crippen LogP contribution is 2.24. The maximum absolute atomic E-state index is 13.1. The van der Waals surface area contributed by atoms with Crippen molar-refractivity contribution in [3.8, 4) is 5.75 Å². The van der Waals surface area contributed by atoms with Crippen LogP contribution in [-0.2, 0) is 14.8 Å². The number of morpholine rings is 1. The Morgan fingerprint density at radius 2 is 1.74 bits per heavy atom. The van der Waals surface area contributed by atoms with Gasteiger partial charge in [-0.05, 0) is 42.0 Å². The monoisotopic (exact) mass is 394 g/mol. The summed E-state index contributed by atoms with van der Waals surface area (Å²) in [5.74, 6) is 0.268. The van der Waals surface area contributed by atoms with Crippen LogP contribution in [-0.4, -0.2) is 53.3 Å². The Kier molecular flexibility index (Phi) is 6.43. The van der Waals surface area contributed by atoms with Gasteiger partial charge < -0.3 is 9.47 Å². The minimum Gasteiger partial charge on any atom is -0.497 e. The summed E-state index contributed by atoms with van der Waals surface area (Å²) in [6.07, 6.45) is 0. The predicted molar refractivity (Wildman–Crippen MR) is 99.7 cm³/mol. The van der Waals surface area contributed by atoms with E-state index in [2.05, 4.69) is 9.62 Å². The third-order valence-electron chi connectivity index (χ3n) is 4.58. The van der Waals surface area contributed by atoms with Gasteiger partial charge in [0.25, 0.3) is 0 Å². The third kappa shape index (κ3) is 5.04. The minimum atomic E-state index is -3.73. The molecule has 1 N–H and O–H groups in total. The van der Waals surface area contributed by atoms with Crippen molar-refractivity contribution in [2.75, 3.05) is 40.0 Å². The van der Waals surface area contributed by atoms with Crippen LogP contribution in [0, 0.1) is 5.82 Å². The van der Waals surface area contributed by atoms with E-state index in [9.17, 15) is 12.8 Å². The van der Waals surface area contributed by atoms with Crippen molar-refractivity contribution >= 4 is 10.0 Å². The van der Waals surface area contributed by atoms with Crippen LogP contribution >= 0.6 is 0 Å². The minimum absolute atomic E-state index is 0.0411. The molecule has 1 aliphatic heterocycles. The quantitative estimate of drug-likeness (QED) is 0.780. The van der Waals surface area contributed by atoms with Crippen molar-refractivity contribution in [1.82, 2.24) is 9.62 Å². The van der Waals surface area contributed by atoms with Crippen LogP contribution < -0.4 is 9.46 Å². The van der Waals surface area contributed by atoms with Crippen molar-refractivity contribution in [3.63, 3.8) is 0 Å². The maximum Gasteiger partial charge on any atom is 0.240 e. The molecule has 0 aromatic heterocycles. The number of methoxy groups -OCH3 is 1. The number of hydrogen-bond donors (Lipinski definition) is 1. The summed E-state index contributed by atoms with van der Waals surface area (Å²) in [5, 5.41) is 0. The summed E-state index contributed by atoms with van der Waals surface area (Å²) >= 11 is 0. The van der Waals surface area contributed by atoms with E-state index in [-0.39, 0.29) is 17.5 Å². The Morgan fingerprint density at radius 3 is 2.33 bits per heavy atom. The Labute approximate surface area is 159 Å². The van der Waals surface area contributed by atoms with E-state index in [0.29, 0.717) is 13.2 Å². The van der Waals surface area contributed by atoms with Crippen LogP contribution in [0.1, 0.15) is 11.6 Å². The Hall–Kier alpha value is -2.00. The molecule has 2 aromatic carbocycles. The molecule has 0 amide bonds. The Balaban J connectivity index is 1.78. The van der Waals surface area contributed by atoms with Gasteiger partial charge in [0.05, 0.1) is 25.2 Å². The topological polar surface area (TPSA) is 67.9 Å². The Morgan fingerprint density at radius 1 is 1.11 bits per heavy atom. The highest BCUT2D eigenvalue weighted by molar-refractivity contribution is 7.89. The largest absolute Gasteiger partial charge is 0.497 e. The molecule has 0 saturated carbocycles. The van der Waals surface area contributed by atoms with Gasteiger partial charge in [0.15, 0.2) is 0 Å². The lowest BCUT2D eigenvalue weighted by Gasteiger charge is -2.35. The molecule has 1 saturated heterocycles. The molecule has 27 heavy (non-hydrogen) atoms. The molecular formula is C19H23FN2O4S.